The predicted octanol–water partition coefficient (Wildman–Crippen LogP) is 3.75. The van der Waals surface area contributed by atoms with Crippen LogP contribution in [-0.2, 0) is 9.53 Å². The molecule has 1 aromatic rings. The quantitative estimate of drug-likeness (QED) is 0.556. The smallest absolute Gasteiger partial charge is 0.407 e. The number of hydrogen-bond acceptors (Lipinski definition) is 7. The van der Waals surface area contributed by atoms with Crippen molar-refractivity contribution in [3.8, 4) is 0 Å². The van der Waals surface area contributed by atoms with Crippen LogP contribution in [0.1, 0.15) is 83.1 Å². The second kappa shape index (κ2) is 10.7. The van der Waals surface area contributed by atoms with Gasteiger partial charge in [0.1, 0.15) is 6.10 Å². The van der Waals surface area contributed by atoms with E-state index in [9.17, 15) is 19.5 Å². The minimum absolute atomic E-state index is 0.0876. The Morgan fingerprint density at radius 2 is 1.90 bits per heavy atom. The number of carbonyl (C=O) groups excluding carboxylic acids is 2. The van der Waals surface area contributed by atoms with Crippen LogP contribution in [0.4, 0.5) is 4.79 Å². The van der Waals surface area contributed by atoms with Crippen LogP contribution in [0.3, 0.4) is 0 Å². The molecule has 1 aliphatic heterocycles. The molecule has 226 valence electrons. The van der Waals surface area contributed by atoms with Gasteiger partial charge in [-0.1, -0.05) is 13.8 Å². The number of nitrogens with zero attached hydrogens (tertiary/aromatic N) is 2. The van der Waals surface area contributed by atoms with E-state index in [-0.39, 0.29) is 46.4 Å². The monoisotopic (exact) mass is 569 g/mol. The van der Waals surface area contributed by atoms with Gasteiger partial charge in [-0.25, -0.2) is 9.59 Å². The van der Waals surface area contributed by atoms with E-state index in [1.165, 1.54) is 6.07 Å². The van der Waals surface area contributed by atoms with Crippen LogP contribution >= 0.6 is 0 Å². The van der Waals surface area contributed by atoms with Crippen LogP contribution in [0.25, 0.3) is 0 Å². The zero-order valence-corrected chi connectivity index (χ0v) is 24.9. The molecule has 2 heterocycles. The summed E-state index contributed by atoms with van der Waals surface area (Å²) in [7, 11) is 1.94. The van der Waals surface area contributed by atoms with E-state index in [0.717, 1.165) is 69.9 Å². The molecule has 2 N–H and O–H groups in total. The van der Waals surface area contributed by atoms with Crippen LogP contribution in [-0.4, -0.2) is 78.4 Å². The number of piperazine rings is 1. The zero-order valence-electron chi connectivity index (χ0n) is 24.9. The number of aliphatic hydroxyl groups is 1. The molecule has 9 nitrogen and oxygen atoms in total. The lowest BCUT2D eigenvalue weighted by Crippen LogP contribution is -2.62. The van der Waals surface area contributed by atoms with Gasteiger partial charge in [-0.15, -0.1) is 0 Å². The van der Waals surface area contributed by atoms with E-state index in [4.69, 9.17) is 9.15 Å². The molecule has 5 aliphatic rings. The van der Waals surface area contributed by atoms with Gasteiger partial charge < -0.3 is 24.5 Å². The molecule has 9 heteroatoms. The molecule has 0 bridgehead atoms. The van der Waals surface area contributed by atoms with E-state index in [1.807, 2.05) is 18.0 Å². The fourth-order valence-electron chi connectivity index (χ4n) is 9.94. The first-order valence-corrected chi connectivity index (χ1v) is 15.8. The number of amides is 2. The fourth-order valence-corrected chi connectivity index (χ4v) is 9.94. The van der Waals surface area contributed by atoms with Crippen molar-refractivity contribution in [2.45, 2.75) is 89.3 Å². The van der Waals surface area contributed by atoms with Gasteiger partial charge in [-0.2, -0.15) is 0 Å². The third-order valence-corrected chi connectivity index (χ3v) is 12.4. The Morgan fingerprint density at radius 1 is 1.07 bits per heavy atom. The van der Waals surface area contributed by atoms with E-state index in [1.54, 1.807) is 11.2 Å². The van der Waals surface area contributed by atoms with Crippen LogP contribution < -0.4 is 10.9 Å². The maximum absolute atomic E-state index is 12.6. The van der Waals surface area contributed by atoms with Crippen LogP contribution in [0.2, 0.25) is 0 Å². The van der Waals surface area contributed by atoms with Crippen LogP contribution in [0, 0.1) is 28.6 Å². The van der Waals surface area contributed by atoms with Crippen LogP contribution in [0.15, 0.2) is 27.6 Å². The van der Waals surface area contributed by atoms with Crippen LogP contribution in [0.5, 0.6) is 0 Å². The van der Waals surface area contributed by atoms with Gasteiger partial charge in [0, 0.05) is 37.7 Å². The number of ether oxygens (including phenoxy) is 1. The van der Waals surface area contributed by atoms with Crippen molar-refractivity contribution >= 4 is 12.0 Å². The van der Waals surface area contributed by atoms with E-state index >= 15 is 0 Å². The van der Waals surface area contributed by atoms with Crippen molar-refractivity contribution in [3.63, 3.8) is 0 Å². The van der Waals surface area contributed by atoms with Gasteiger partial charge in [0.25, 0.3) is 0 Å². The Labute approximate surface area is 243 Å². The minimum Gasteiger partial charge on any atom is -0.446 e. The average molecular weight is 570 g/mol. The number of hydrogen-bond donors (Lipinski definition) is 2. The molecule has 5 fully saturated rings. The summed E-state index contributed by atoms with van der Waals surface area (Å²) in [6.07, 6.45) is 9.70. The first-order chi connectivity index (χ1) is 19.5. The summed E-state index contributed by atoms with van der Waals surface area (Å²) >= 11 is 0. The van der Waals surface area contributed by atoms with Gasteiger partial charge in [-0.05, 0) is 106 Å². The number of rotatable bonds is 5. The minimum atomic E-state index is -0.719. The number of nitrogens with one attached hydrogen (secondary N) is 1. The lowest BCUT2D eigenvalue weighted by Gasteiger charge is -2.63. The van der Waals surface area contributed by atoms with Gasteiger partial charge >= 0.3 is 11.7 Å². The van der Waals surface area contributed by atoms with Gasteiger partial charge in [0.2, 0.25) is 5.91 Å². The number of carbonyl (C=O) groups is 2. The molecular weight excluding hydrogens is 522 g/mol. The summed E-state index contributed by atoms with van der Waals surface area (Å²) in [5.41, 5.74) is -0.114. The molecule has 8 atom stereocenters. The van der Waals surface area contributed by atoms with Gasteiger partial charge in [0.15, 0.2) is 0 Å². The summed E-state index contributed by atoms with van der Waals surface area (Å²) in [5, 5.41) is 15.3. The first kappa shape index (κ1) is 28.7. The van der Waals surface area contributed by atoms with Crippen molar-refractivity contribution in [3.05, 3.63) is 34.4 Å². The number of likely N-dealkylation sites (N-methyl/N-ethyl adjacent to an activating group) is 1. The molecule has 0 aromatic carbocycles. The largest absolute Gasteiger partial charge is 0.446 e. The highest BCUT2D eigenvalue weighted by Crippen LogP contribution is 2.70. The summed E-state index contributed by atoms with van der Waals surface area (Å²) in [6.45, 7) is 7.58. The maximum Gasteiger partial charge on any atom is 0.407 e. The number of fused-ring (bicyclic) bond motifs is 5. The SMILES string of the molecule is CN1CCN(CCNC(=O)O[C@H]2CC[C@@]3(C)[C@H](CC[C@@H]4[C@@H]3CC[C@]3(C)[C@@H](c5ccc(=O)oc5)CC[C@]43O)C2)C(=O)C1. The Bertz CT molecular complexity index is 1200. The highest BCUT2D eigenvalue weighted by molar-refractivity contribution is 5.79. The van der Waals surface area contributed by atoms with Crippen molar-refractivity contribution in [1.82, 2.24) is 15.1 Å². The molecule has 4 saturated carbocycles. The van der Waals surface area contributed by atoms with Crippen molar-refractivity contribution in [2.75, 3.05) is 39.8 Å². The fraction of sp³-hybridized carbons (Fsp3) is 0.781. The Morgan fingerprint density at radius 3 is 2.66 bits per heavy atom. The molecule has 2 amide bonds. The Hall–Kier alpha value is -2.39. The molecule has 0 unspecified atom stereocenters. The molecule has 1 saturated heterocycles. The normalized spacial score (nSPS) is 40.8. The Balaban J connectivity index is 1.05. The van der Waals surface area contributed by atoms with Crippen molar-refractivity contribution in [2.24, 2.45) is 28.6 Å². The van der Waals surface area contributed by atoms with Crippen molar-refractivity contribution < 1.29 is 23.8 Å². The average Bonchev–Trinajstić information content (AvgIpc) is 3.21. The zero-order chi connectivity index (χ0) is 29.0. The molecule has 41 heavy (non-hydrogen) atoms. The third kappa shape index (κ3) is 4.90. The van der Waals surface area contributed by atoms with Gasteiger partial charge in [-0.3, -0.25) is 9.69 Å². The second-order valence-electron chi connectivity index (χ2n) is 14.2. The summed E-state index contributed by atoms with van der Waals surface area (Å²) in [4.78, 5) is 40.2. The predicted molar refractivity (Wildman–Crippen MR) is 153 cm³/mol. The molecule has 6 rings (SSSR count). The summed E-state index contributed by atoms with van der Waals surface area (Å²) < 4.78 is 11.1. The topological polar surface area (TPSA) is 112 Å². The van der Waals surface area contributed by atoms with Crippen molar-refractivity contribution in [1.29, 1.82) is 0 Å². The standard InChI is InChI=1S/C32H47N3O6/c1-30-11-8-23(41-29(38)33-14-15-35-17-16-34(3)19-27(35)36)18-22(30)5-6-26-25(30)9-12-31(2)24(10-13-32(26,31)39)21-4-7-28(37)40-20-21/h4,7,20,22-26,39H,5-6,8-19H2,1-3H3,(H,33,38)/t22-,23+,24-,25+,26-,30+,31-,32+/m1/s1. The maximum atomic E-state index is 12.6. The van der Waals surface area contributed by atoms with E-state index < -0.39 is 5.60 Å². The molecule has 4 aliphatic carbocycles. The van der Waals surface area contributed by atoms with E-state index in [2.05, 4.69) is 19.2 Å². The molecule has 0 spiro atoms. The highest BCUT2D eigenvalue weighted by atomic mass is 16.6. The molecule has 1 aromatic heterocycles. The summed E-state index contributed by atoms with van der Waals surface area (Å²) in [6, 6.07) is 3.39. The summed E-state index contributed by atoms with van der Waals surface area (Å²) in [5.74, 6) is 1.50. The Kier molecular flexibility index (Phi) is 7.50. The third-order valence-electron chi connectivity index (χ3n) is 12.4. The highest BCUT2D eigenvalue weighted by Gasteiger charge is 2.67. The molecule has 0 radical (unpaired) electrons. The van der Waals surface area contributed by atoms with E-state index in [0.29, 0.717) is 38.0 Å². The lowest BCUT2D eigenvalue weighted by atomic mass is 9.43. The molecular formula is C32H47N3O6. The number of alkyl carbamates (subject to hydrolysis) is 1. The second-order valence-corrected chi connectivity index (χ2v) is 14.2. The first-order valence-electron chi connectivity index (χ1n) is 15.8. The van der Waals surface area contributed by atoms with Gasteiger partial charge in [0.05, 0.1) is 18.4 Å². The lowest BCUT2D eigenvalue weighted by molar-refractivity contribution is -0.205.